The van der Waals surface area contributed by atoms with Crippen molar-refractivity contribution in [3.8, 4) is 5.75 Å². The molecule has 0 saturated carbocycles. The molecule has 0 aromatic heterocycles. The van der Waals surface area contributed by atoms with Gasteiger partial charge in [0.05, 0.1) is 10.6 Å². The Hall–Kier alpha value is -2.45. The van der Waals surface area contributed by atoms with E-state index in [1.807, 2.05) is 13.8 Å². The molecule has 7 nitrogen and oxygen atoms in total. The Kier molecular flexibility index (Phi) is 7.33. The van der Waals surface area contributed by atoms with Crippen LogP contribution in [0.1, 0.15) is 26.7 Å². The molecule has 0 bridgehead atoms. The lowest BCUT2D eigenvalue weighted by Gasteiger charge is -2.31. The van der Waals surface area contributed by atoms with Crippen LogP contribution in [0.25, 0.3) is 0 Å². The highest BCUT2D eigenvalue weighted by Crippen LogP contribution is 2.28. The van der Waals surface area contributed by atoms with E-state index >= 15 is 0 Å². The number of sulfonamides is 1. The number of urea groups is 1. The van der Waals surface area contributed by atoms with Gasteiger partial charge in [0.1, 0.15) is 11.9 Å². The summed E-state index contributed by atoms with van der Waals surface area (Å²) in [5, 5.41) is 0.479. The lowest BCUT2D eigenvalue weighted by atomic mass is 10.1. The Morgan fingerprint density at radius 2 is 1.84 bits per heavy atom. The molecule has 1 aliphatic rings. The molecule has 0 radical (unpaired) electrons. The van der Waals surface area contributed by atoms with Crippen molar-refractivity contribution in [2.24, 2.45) is 11.7 Å². The first-order valence-corrected chi connectivity index (χ1v) is 12.1. The van der Waals surface area contributed by atoms with Crippen molar-refractivity contribution in [1.29, 1.82) is 0 Å². The maximum Gasteiger partial charge on any atom is 0.314 e. The van der Waals surface area contributed by atoms with Crippen LogP contribution >= 0.6 is 11.6 Å². The summed E-state index contributed by atoms with van der Waals surface area (Å²) in [7, 11) is -3.77. The minimum Gasteiger partial charge on any atom is -0.490 e. The van der Waals surface area contributed by atoms with Crippen LogP contribution < -0.4 is 14.8 Å². The third-order valence-electron chi connectivity index (χ3n) is 5.10. The third-order valence-corrected chi connectivity index (χ3v) is 7.14. The van der Waals surface area contributed by atoms with Gasteiger partial charge in [0.25, 0.3) is 10.0 Å². The quantitative estimate of drug-likeness (QED) is 0.665. The van der Waals surface area contributed by atoms with Crippen LogP contribution in [0.5, 0.6) is 5.75 Å². The molecule has 168 valence electrons. The van der Waals surface area contributed by atoms with Gasteiger partial charge in [-0.15, -0.1) is 0 Å². The van der Waals surface area contributed by atoms with Gasteiger partial charge < -0.3 is 15.4 Å². The number of carbonyl (C=O) groups excluding carboxylic acids is 1. The van der Waals surface area contributed by atoms with E-state index in [1.165, 1.54) is 4.31 Å². The average molecular weight is 466 g/mol. The van der Waals surface area contributed by atoms with Crippen LogP contribution in [-0.2, 0) is 10.0 Å². The Morgan fingerprint density at radius 1 is 1.19 bits per heavy atom. The van der Waals surface area contributed by atoms with Crippen LogP contribution in [-0.4, -0.2) is 45.1 Å². The maximum absolute atomic E-state index is 13.4. The minimum absolute atomic E-state index is 0.0399. The molecule has 31 heavy (non-hydrogen) atoms. The van der Waals surface area contributed by atoms with Gasteiger partial charge in [-0.3, -0.25) is 4.31 Å². The molecular weight excluding hydrogens is 438 g/mol. The first kappa shape index (κ1) is 23.2. The number of halogens is 1. The molecule has 1 heterocycles. The van der Waals surface area contributed by atoms with Crippen LogP contribution in [0.2, 0.25) is 5.02 Å². The van der Waals surface area contributed by atoms with E-state index in [0.717, 1.165) is 0 Å². The number of piperidine rings is 1. The van der Waals surface area contributed by atoms with Crippen LogP contribution in [0.3, 0.4) is 0 Å². The second kappa shape index (κ2) is 9.78. The van der Waals surface area contributed by atoms with E-state index in [1.54, 1.807) is 53.4 Å². The number of carbonyl (C=O) groups is 1. The number of anilines is 1. The molecule has 2 N–H and O–H groups in total. The van der Waals surface area contributed by atoms with Gasteiger partial charge in [0, 0.05) is 37.5 Å². The van der Waals surface area contributed by atoms with Crippen molar-refractivity contribution >= 4 is 33.3 Å². The summed E-state index contributed by atoms with van der Waals surface area (Å²) in [4.78, 5) is 13.0. The zero-order chi connectivity index (χ0) is 22.6. The Balaban J connectivity index is 1.75. The molecular formula is C22H28ClN3O4S. The molecule has 2 aromatic rings. The summed E-state index contributed by atoms with van der Waals surface area (Å²) in [6, 6.07) is 12.9. The van der Waals surface area contributed by atoms with E-state index in [-0.39, 0.29) is 16.9 Å². The molecule has 1 fully saturated rings. The predicted octanol–water partition coefficient (Wildman–Crippen LogP) is 4.11. The largest absolute Gasteiger partial charge is 0.490 e. The second-order valence-corrected chi connectivity index (χ2v) is 10.3. The van der Waals surface area contributed by atoms with Crippen molar-refractivity contribution in [2.75, 3.05) is 23.9 Å². The van der Waals surface area contributed by atoms with Gasteiger partial charge in [-0.1, -0.05) is 31.5 Å². The summed E-state index contributed by atoms with van der Waals surface area (Å²) in [6.45, 7) is 5.37. The van der Waals surface area contributed by atoms with Gasteiger partial charge in [0.15, 0.2) is 0 Å². The average Bonchev–Trinajstić information content (AvgIpc) is 2.72. The van der Waals surface area contributed by atoms with E-state index in [4.69, 9.17) is 22.1 Å². The summed E-state index contributed by atoms with van der Waals surface area (Å²) in [5.74, 6) is 0.720. The van der Waals surface area contributed by atoms with Gasteiger partial charge in [-0.05, 0) is 48.4 Å². The molecule has 2 aromatic carbocycles. The highest BCUT2D eigenvalue weighted by molar-refractivity contribution is 7.92. The van der Waals surface area contributed by atoms with Crippen LogP contribution in [0, 0.1) is 5.92 Å². The first-order valence-electron chi connectivity index (χ1n) is 10.3. The van der Waals surface area contributed by atoms with Gasteiger partial charge in [-0.25, -0.2) is 13.2 Å². The normalized spacial score (nSPS) is 15.2. The van der Waals surface area contributed by atoms with Crippen molar-refractivity contribution < 1.29 is 17.9 Å². The summed E-state index contributed by atoms with van der Waals surface area (Å²) in [5.41, 5.74) is 5.84. The highest BCUT2D eigenvalue weighted by atomic mass is 35.5. The van der Waals surface area contributed by atoms with Crippen molar-refractivity contribution in [3.63, 3.8) is 0 Å². The van der Waals surface area contributed by atoms with Crippen LogP contribution in [0.15, 0.2) is 53.4 Å². The molecule has 1 saturated heterocycles. The highest BCUT2D eigenvalue weighted by Gasteiger charge is 2.27. The Labute approximate surface area is 188 Å². The number of hydrogen-bond donors (Lipinski definition) is 1. The van der Waals surface area contributed by atoms with E-state index in [0.29, 0.717) is 48.9 Å². The number of amides is 2. The molecule has 0 spiro atoms. The van der Waals surface area contributed by atoms with Crippen molar-refractivity contribution in [2.45, 2.75) is 37.7 Å². The number of likely N-dealkylation sites (tertiary alicyclic amines) is 1. The first-order chi connectivity index (χ1) is 14.7. The monoisotopic (exact) mass is 465 g/mol. The Bertz CT molecular complexity index is 1000. The smallest absolute Gasteiger partial charge is 0.314 e. The van der Waals surface area contributed by atoms with Crippen molar-refractivity contribution in [3.05, 3.63) is 53.6 Å². The summed E-state index contributed by atoms with van der Waals surface area (Å²) < 4.78 is 34.1. The summed E-state index contributed by atoms with van der Waals surface area (Å²) >= 11 is 6.09. The number of nitrogens with zero attached hydrogens (tertiary/aromatic N) is 2. The van der Waals surface area contributed by atoms with Gasteiger partial charge in [-0.2, -0.15) is 0 Å². The van der Waals surface area contributed by atoms with Gasteiger partial charge in [0.2, 0.25) is 0 Å². The number of hydrogen-bond acceptors (Lipinski definition) is 4. The molecule has 0 aliphatic carbocycles. The maximum atomic E-state index is 13.4. The lowest BCUT2D eigenvalue weighted by molar-refractivity contribution is 0.114. The zero-order valence-electron chi connectivity index (χ0n) is 17.7. The standard InChI is InChI=1S/C22H28ClN3O4S/c1-16(2)15-26(18-5-3-4-17(23)14-18)31(28,29)21-8-6-19(7-9-21)30-20-10-12-25(13-11-20)22(24)27/h3-9,14,16,20H,10-13,15H2,1-2H3,(H2,24,27). The van der Waals surface area contributed by atoms with E-state index < -0.39 is 16.1 Å². The molecule has 0 atom stereocenters. The molecule has 2 amide bonds. The number of ether oxygens (including phenoxy) is 1. The second-order valence-electron chi connectivity index (χ2n) is 8.02. The fourth-order valence-electron chi connectivity index (χ4n) is 3.51. The minimum atomic E-state index is -3.77. The zero-order valence-corrected chi connectivity index (χ0v) is 19.3. The van der Waals surface area contributed by atoms with Gasteiger partial charge >= 0.3 is 6.03 Å². The number of primary amides is 1. The third kappa shape index (κ3) is 5.83. The number of rotatable bonds is 7. The van der Waals surface area contributed by atoms with Crippen LogP contribution in [0.4, 0.5) is 10.5 Å². The molecule has 9 heteroatoms. The topological polar surface area (TPSA) is 92.9 Å². The van der Waals surface area contributed by atoms with Crippen molar-refractivity contribution in [1.82, 2.24) is 4.90 Å². The fraction of sp³-hybridized carbons (Fsp3) is 0.409. The molecule has 0 unspecified atom stereocenters. The van der Waals surface area contributed by atoms with E-state index in [9.17, 15) is 13.2 Å². The summed E-state index contributed by atoms with van der Waals surface area (Å²) in [6.07, 6.45) is 1.32. The SMILES string of the molecule is CC(C)CN(c1cccc(Cl)c1)S(=O)(=O)c1ccc(OC2CCN(C(N)=O)CC2)cc1. The lowest BCUT2D eigenvalue weighted by Crippen LogP contribution is -2.44. The number of benzene rings is 2. The molecule has 3 rings (SSSR count). The number of nitrogens with two attached hydrogens (primary N) is 1. The predicted molar refractivity (Wildman–Crippen MR) is 122 cm³/mol. The Morgan fingerprint density at radius 3 is 2.39 bits per heavy atom. The fourth-order valence-corrected chi connectivity index (χ4v) is 5.31. The van der Waals surface area contributed by atoms with E-state index in [2.05, 4.69) is 0 Å². The molecule has 1 aliphatic heterocycles.